The van der Waals surface area contributed by atoms with Crippen LogP contribution in [0.5, 0.6) is 11.5 Å². The van der Waals surface area contributed by atoms with Crippen LogP contribution in [0, 0.1) is 0 Å². The first-order valence-corrected chi connectivity index (χ1v) is 6.70. The lowest BCUT2D eigenvalue weighted by atomic mass is 9.92. The molecule has 0 bridgehead atoms. The summed E-state index contributed by atoms with van der Waals surface area (Å²) in [6, 6.07) is 13.5. The normalized spacial score (nSPS) is 13.7. The predicted molar refractivity (Wildman–Crippen MR) is 75.0 cm³/mol. The van der Waals surface area contributed by atoms with Crippen LogP contribution in [-0.4, -0.2) is 6.29 Å². The summed E-state index contributed by atoms with van der Waals surface area (Å²) in [6.07, 6.45) is 5.73. The molecule has 0 saturated carbocycles. The molecule has 0 atom stereocenters. The van der Waals surface area contributed by atoms with E-state index >= 15 is 0 Å². The second-order valence-electron chi connectivity index (χ2n) is 4.93. The van der Waals surface area contributed by atoms with Crippen molar-refractivity contribution in [3.63, 3.8) is 0 Å². The number of fused-ring (bicyclic) bond motifs is 1. The summed E-state index contributed by atoms with van der Waals surface area (Å²) in [5.74, 6) is 1.64. The molecule has 1 aliphatic rings. The monoisotopic (exact) mass is 252 g/mol. The van der Waals surface area contributed by atoms with Crippen LogP contribution >= 0.6 is 0 Å². The smallest absolute Gasteiger partial charge is 0.150 e. The number of aldehydes is 1. The van der Waals surface area contributed by atoms with Gasteiger partial charge < -0.3 is 4.74 Å². The third-order valence-electron chi connectivity index (χ3n) is 3.57. The van der Waals surface area contributed by atoms with Crippen LogP contribution < -0.4 is 4.74 Å². The van der Waals surface area contributed by atoms with Crippen molar-refractivity contribution in [2.45, 2.75) is 25.7 Å². The molecule has 2 aromatic carbocycles. The van der Waals surface area contributed by atoms with Gasteiger partial charge in [-0.05, 0) is 73.2 Å². The van der Waals surface area contributed by atoms with Gasteiger partial charge >= 0.3 is 0 Å². The summed E-state index contributed by atoms with van der Waals surface area (Å²) in [5, 5.41) is 0. The second kappa shape index (κ2) is 5.27. The van der Waals surface area contributed by atoms with Crippen LogP contribution in [0.25, 0.3) is 0 Å². The maximum Gasteiger partial charge on any atom is 0.150 e. The Morgan fingerprint density at radius 2 is 1.53 bits per heavy atom. The Hall–Kier alpha value is -2.09. The highest BCUT2D eigenvalue weighted by Gasteiger charge is 2.10. The minimum atomic E-state index is 0.665. The molecule has 2 heteroatoms. The van der Waals surface area contributed by atoms with Crippen LogP contribution in [0.4, 0.5) is 0 Å². The van der Waals surface area contributed by atoms with E-state index in [9.17, 15) is 4.79 Å². The predicted octanol–water partition coefficient (Wildman–Crippen LogP) is 4.17. The number of hydrogen-bond donors (Lipinski definition) is 0. The second-order valence-corrected chi connectivity index (χ2v) is 4.93. The fourth-order valence-corrected chi connectivity index (χ4v) is 2.52. The molecule has 0 fully saturated rings. The lowest BCUT2D eigenvalue weighted by Gasteiger charge is -2.16. The van der Waals surface area contributed by atoms with Crippen molar-refractivity contribution in [2.24, 2.45) is 0 Å². The molecule has 0 amide bonds. The third kappa shape index (κ3) is 2.68. The van der Waals surface area contributed by atoms with E-state index in [1.165, 1.54) is 30.4 Å². The van der Waals surface area contributed by atoms with Gasteiger partial charge in [-0.3, -0.25) is 4.79 Å². The van der Waals surface area contributed by atoms with Crippen LogP contribution in [0.1, 0.15) is 34.3 Å². The Morgan fingerprint density at radius 3 is 2.26 bits per heavy atom. The highest BCUT2D eigenvalue weighted by atomic mass is 16.5. The van der Waals surface area contributed by atoms with Gasteiger partial charge in [-0.25, -0.2) is 0 Å². The van der Waals surface area contributed by atoms with E-state index in [0.717, 1.165) is 24.2 Å². The van der Waals surface area contributed by atoms with Gasteiger partial charge in [-0.2, -0.15) is 0 Å². The molecule has 2 aromatic rings. The molecule has 0 radical (unpaired) electrons. The first kappa shape index (κ1) is 12.0. The maximum absolute atomic E-state index is 10.6. The minimum absolute atomic E-state index is 0.665. The van der Waals surface area contributed by atoms with Gasteiger partial charge in [0, 0.05) is 5.56 Å². The zero-order valence-electron chi connectivity index (χ0n) is 10.8. The third-order valence-corrected chi connectivity index (χ3v) is 3.57. The summed E-state index contributed by atoms with van der Waals surface area (Å²) in [6.45, 7) is 0. The average molecular weight is 252 g/mol. The van der Waals surface area contributed by atoms with Crippen molar-refractivity contribution in [2.75, 3.05) is 0 Å². The zero-order chi connectivity index (χ0) is 13.1. The van der Waals surface area contributed by atoms with Gasteiger partial charge in [0.25, 0.3) is 0 Å². The fraction of sp³-hybridized carbons (Fsp3) is 0.235. The average Bonchev–Trinajstić information content (AvgIpc) is 2.48. The number of carbonyl (C=O) groups is 1. The molecule has 0 aliphatic heterocycles. The first-order chi connectivity index (χ1) is 9.35. The summed E-state index contributed by atoms with van der Waals surface area (Å²) >= 11 is 0. The fourth-order valence-electron chi connectivity index (χ4n) is 2.52. The molecular weight excluding hydrogens is 236 g/mol. The van der Waals surface area contributed by atoms with E-state index in [2.05, 4.69) is 12.1 Å². The van der Waals surface area contributed by atoms with Gasteiger partial charge in [-0.1, -0.05) is 6.07 Å². The number of aryl methyl sites for hydroxylation is 2. The largest absolute Gasteiger partial charge is 0.457 e. The van der Waals surface area contributed by atoms with E-state index < -0.39 is 0 Å². The molecule has 96 valence electrons. The molecule has 2 nitrogen and oxygen atoms in total. The number of rotatable bonds is 3. The molecule has 0 heterocycles. The number of carbonyl (C=O) groups excluding carboxylic acids is 1. The number of benzene rings is 2. The Morgan fingerprint density at radius 1 is 0.842 bits per heavy atom. The molecule has 0 N–H and O–H groups in total. The molecule has 0 aromatic heterocycles. The van der Waals surface area contributed by atoms with Crippen molar-refractivity contribution < 1.29 is 9.53 Å². The van der Waals surface area contributed by atoms with E-state index in [1.54, 1.807) is 12.1 Å². The van der Waals surface area contributed by atoms with Gasteiger partial charge in [0.1, 0.15) is 17.8 Å². The van der Waals surface area contributed by atoms with Gasteiger partial charge in [-0.15, -0.1) is 0 Å². The zero-order valence-corrected chi connectivity index (χ0v) is 10.8. The number of hydrogen-bond acceptors (Lipinski definition) is 2. The van der Waals surface area contributed by atoms with Gasteiger partial charge in [0.2, 0.25) is 0 Å². The Balaban J connectivity index is 1.80. The Kier molecular flexibility index (Phi) is 3.32. The summed E-state index contributed by atoms with van der Waals surface area (Å²) in [7, 11) is 0. The summed E-state index contributed by atoms with van der Waals surface area (Å²) in [4.78, 5) is 10.6. The highest BCUT2D eigenvalue weighted by Crippen LogP contribution is 2.28. The minimum Gasteiger partial charge on any atom is -0.457 e. The van der Waals surface area contributed by atoms with Crippen LogP contribution in [0.15, 0.2) is 42.5 Å². The first-order valence-electron chi connectivity index (χ1n) is 6.70. The molecule has 3 rings (SSSR count). The molecule has 19 heavy (non-hydrogen) atoms. The van der Waals surface area contributed by atoms with Crippen LogP contribution in [0.2, 0.25) is 0 Å². The topological polar surface area (TPSA) is 26.3 Å². The van der Waals surface area contributed by atoms with Gasteiger partial charge in [0.15, 0.2) is 0 Å². The number of ether oxygens (including phenoxy) is 1. The van der Waals surface area contributed by atoms with Crippen LogP contribution in [0.3, 0.4) is 0 Å². The summed E-state index contributed by atoms with van der Waals surface area (Å²) in [5.41, 5.74) is 3.53. The summed E-state index contributed by atoms with van der Waals surface area (Å²) < 4.78 is 5.83. The lowest BCUT2D eigenvalue weighted by Crippen LogP contribution is -2.02. The molecular formula is C17H16O2. The van der Waals surface area contributed by atoms with Crippen molar-refractivity contribution in [3.05, 3.63) is 59.2 Å². The Bertz CT molecular complexity index is 585. The molecule has 0 saturated heterocycles. The highest BCUT2D eigenvalue weighted by molar-refractivity contribution is 5.74. The molecule has 0 spiro atoms. The van der Waals surface area contributed by atoms with E-state index in [4.69, 9.17) is 4.74 Å². The van der Waals surface area contributed by atoms with E-state index in [1.807, 2.05) is 18.2 Å². The lowest BCUT2D eigenvalue weighted by molar-refractivity contribution is 0.112. The van der Waals surface area contributed by atoms with Crippen LogP contribution in [-0.2, 0) is 12.8 Å². The van der Waals surface area contributed by atoms with Crippen molar-refractivity contribution >= 4 is 6.29 Å². The van der Waals surface area contributed by atoms with Crippen molar-refractivity contribution in [1.82, 2.24) is 0 Å². The Labute approximate surface area is 113 Å². The SMILES string of the molecule is O=Cc1ccc(Oc2ccc3c(c2)CCCC3)cc1. The quantitative estimate of drug-likeness (QED) is 0.766. The van der Waals surface area contributed by atoms with Crippen molar-refractivity contribution in [3.8, 4) is 11.5 Å². The van der Waals surface area contributed by atoms with Crippen molar-refractivity contribution in [1.29, 1.82) is 0 Å². The molecule has 0 unspecified atom stereocenters. The molecule has 1 aliphatic carbocycles. The van der Waals surface area contributed by atoms with E-state index in [-0.39, 0.29) is 0 Å². The standard InChI is InChI=1S/C17H16O2/c18-12-13-5-8-16(9-6-13)19-17-10-7-14-3-1-2-4-15(14)11-17/h5-12H,1-4H2. The maximum atomic E-state index is 10.6. The van der Waals surface area contributed by atoms with Gasteiger partial charge in [0.05, 0.1) is 0 Å². The van der Waals surface area contributed by atoms with E-state index in [0.29, 0.717) is 5.56 Å².